The summed E-state index contributed by atoms with van der Waals surface area (Å²) in [5, 5.41) is 0. The average Bonchev–Trinajstić information content (AvgIpc) is 3.26. The quantitative estimate of drug-likeness (QED) is 0.534. The molecule has 0 saturated heterocycles. The third-order valence-electron chi connectivity index (χ3n) is 3.09. The fourth-order valence-electron chi connectivity index (χ4n) is 1.90. The zero-order chi connectivity index (χ0) is 14.1. The summed E-state index contributed by atoms with van der Waals surface area (Å²) in [6, 6.07) is 8.27. The van der Waals surface area contributed by atoms with Crippen LogP contribution in [0.4, 0.5) is 5.82 Å². The summed E-state index contributed by atoms with van der Waals surface area (Å²) in [7, 11) is 0. The van der Waals surface area contributed by atoms with Gasteiger partial charge in [0.2, 0.25) is 0 Å². The summed E-state index contributed by atoms with van der Waals surface area (Å²) in [6.07, 6.45) is 2.46. The van der Waals surface area contributed by atoms with Gasteiger partial charge in [-0.25, -0.2) is 9.97 Å². The standard InChI is InChI=1S/C14H13BrIN3S/c15-9-3-5-10(6-4-9)20-7-11-18-13(8-1-2-8)12(16)14(17)19-11/h3-6,8H,1-2,7H2,(H2,17,18,19). The highest BCUT2D eigenvalue weighted by atomic mass is 127. The molecule has 0 aliphatic heterocycles. The first-order chi connectivity index (χ1) is 9.63. The van der Waals surface area contributed by atoms with E-state index in [9.17, 15) is 0 Å². The molecule has 0 spiro atoms. The van der Waals surface area contributed by atoms with Crippen LogP contribution in [0.25, 0.3) is 0 Å². The van der Waals surface area contributed by atoms with Crippen LogP contribution in [0.3, 0.4) is 0 Å². The number of halogens is 2. The van der Waals surface area contributed by atoms with Crippen LogP contribution in [0.15, 0.2) is 33.6 Å². The number of rotatable bonds is 4. The number of nitrogens with zero attached hydrogens (tertiary/aromatic N) is 2. The van der Waals surface area contributed by atoms with Gasteiger partial charge in [-0.05, 0) is 59.7 Å². The Morgan fingerprint density at radius 1 is 1.25 bits per heavy atom. The lowest BCUT2D eigenvalue weighted by molar-refractivity contribution is 0.924. The van der Waals surface area contributed by atoms with Gasteiger partial charge in [0.25, 0.3) is 0 Å². The zero-order valence-corrected chi connectivity index (χ0v) is 15.2. The normalized spacial score (nSPS) is 14.5. The molecule has 0 bridgehead atoms. The molecule has 1 aliphatic carbocycles. The first-order valence-electron chi connectivity index (χ1n) is 6.33. The molecule has 0 unspecified atom stereocenters. The van der Waals surface area contributed by atoms with Gasteiger partial charge in [-0.1, -0.05) is 15.9 Å². The number of anilines is 1. The van der Waals surface area contributed by atoms with E-state index in [0.29, 0.717) is 11.7 Å². The summed E-state index contributed by atoms with van der Waals surface area (Å²) in [5.41, 5.74) is 7.14. The van der Waals surface area contributed by atoms with Crippen molar-refractivity contribution in [3.8, 4) is 0 Å². The largest absolute Gasteiger partial charge is 0.383 e. The second kappa shape index (κ2) is 6.19. The van der Waals surface area contributed by atoms with Crippen LogP contribution in [0, 0.1) is 3.57 Å². The second-order valence-corrected chi connectivity index (χ2v) is 7.78. The Morgan fingerprint density at radius 2 is 1.95 bits per heavy atom. The minimum absolute atomic E-state index is 0.601. The van der Waals surface area contributed by atoms with Crippen LogP contribution in [0.2, 0.25) is 0 Å². The molecule has 20 heavy (non-hydrogen) atoms. The van der Waals surface area contributed by atoms with Gasteiger partial charge >= 0.3 is 0 Å². The van der Waals surface area contributed by atoms with Crippen molar-refractivity contribution in [2.24, 2.45) is 0 Å². The van der Waals surface area contributed by atoms with E-state index in [0.717, 1.165) is 25.3 Å². The van der Waals surface area contributed by atoms with Gasteiger partial charge in [0.05, 0.1) is 15.0 Å². The van der Waals surface area contributed by atoms with Crippen molar-refractivity contribution in [3.05, 3.63) is 43.8 Å². The molecule has 104 valence electrons. The second-order valence-electron chi connectivity index (χ2n) is 4.74. The number of aromatic nitrogens is 2. The lowest BCUT2D eigenvalue weighted by Gasteiger charge is -2.08. The molecule has 2 aromatic rings. The summed E-state index contributed by atoms with van der Waals surface area (Å²) in [4.78, 5) is 10.3. The molecule has 0 atom stereocenters. The fraction of sp³-hybridized carbons (Fsp3) is 0.286. The Labute approximate surface area is 144 Å². The van der Waals surface area contributed by atoms with Gasteiger partial charge in [0, 0.05) is 15.3 Å². The monoisotopic (exact) mass is 461 g/mol. The van der Waals surface area contributed by atoms with Gasteiger partial charge in [0.1, 0.15) is 11.6 Å². The van der Waals surface area contributed by atoms with Crippen molar-refractivity contribution >= 4 is 56.1 Å². The van der Waals surface area contributed by atoms with Gasteiger partial charge < -0.3 is 5.73 Å². The Balaban J connectivity index is 1.75. The van der Waals surface area contributed by atoms with Crippen LogP contribution in [-0.4, -0.2) is 9.97 Å². The van der Waals surface area contributed by atoms with Crippen molar-refractivity contribution in [1.82, 2.24) is 9.97 Å². The van der Waals surface area contributed by atoms with Crippen LogP contribution < -0.4 is 5.73 Å². The molecular weight excluding hydrogens is 449 g/mol. The number of nitrogen functional groups attached to an aromatic ring is 1. The fourth-order valence-corrected chi connectivity index (χ4v) is 3.60. The molecule has 1 aliphatic rings. The minimum atomic E-state index is 0.601. The molecule has 0 radical (unpaired) electrons. The average molecular weight is 462 g/mol. The van der Waals surface area contributed by atoms with E-state index in [1.165, 1.54) is 17.7 Å². The van der Waals surface area contributed by atoms with Crippen molar-refractivity contribution in [2.45, 2.75) is 29.4 Å². The smallest absolute Gasteiger partial charge is 0.141 e. The summed E-state index contributed by atoms with van der Waals surface area (Å²) in [6.45, 7) is 0. The van der Waals surface area contributed by atoms with Crippen LogP contribution in [-0.2, 0) is 5.75 Å². The van der Waals surface area contributed by atoms with Gasteiger partial charge in [-0.15, -0.1) is 11.8 Å². The maximum absolute atomic E-state index is 6.00. The van der Waals surface area contributed by atoms with E-state index in [1.54, 1.807) is 11.8 Å². The molecule has 2 N–H and O–H groups in total. The Kier molecular flexibility index (Phi) is 4.52. The highest BCUT2D eigenvalue weighted by Crippen LogP contribution is 2.42. The number of benzene rings is 1. The molecule has 3 nitrogen and oxygen atoms in total. The predicted octanol–water partition coefficient (Wildman–Crippen LogP) is 4.60. The van der Waals surface area contributed by atoms with E-state index in [1.807, 2.05) is 12.1 Å². The van der Waals surface area contributed by atoms with Crippen LogP contribution in [0.1, 0.15) is 30.3 Å². The van der Waals surface area contributed by atoms with E-state index in [2.05, 4.69) is 55.6 Å². The van der Waals surface area contributed by atoms with Crippen molar-refractivity contribution < 1.29 is 0 Å². The number of hydrogen-bond acceptors (Lipinski definition) is 4. The van der Waals surface area contributed by atoms with Gasteiger partial charge in [-0.3, -0.25) is 0 Å². The molecular formula is C14H13BrIN3S. The molecule has 0 amide bonds. The van der Waals surface area contributed by atoms with Gasteiger partial charge in [0.15, 0.2) is 0 Å². The molecule has 1 aromatic heterocycles. The van der Waals surface area contributed by atoms with Crippen molar-refractivity contribution in [2.75, 3.05) is 5.73 Å². The highest BCUT2D eigenvalue weighted by molar-refractivity contribution is 14.1. The van der Waals surface area contributed by atoms with Crippen molar-refractivity contribution in [1.29, 1.82) is 0 Å². The summed E-state index contributed by atoms with van der Waals surface area (Å²) >= 11 is 7.43. The topological polar surface area (TPSA) is 51.8 Å². The molecule has 3 rings (SSSR count). The maximum Gasteiger partial charge on any atom is 0.141 e. The number of thioether (sulfide) groups is 1. The Hall–Kier alpha value is -0.340. The lowest BCUT2D eigenvalue weighted by Crippen LogP contribution is -2.06. The Morgan fingerprint density at radius 3 is 2.60 bits per heavy atom. The third-order valence-corrected chi connectivity index (χ3v) is 5.74. The summed E-state index contributed by atoms with van der Waals surface area (Å²) < 4.78 is 2.12. The van der Waals surface area contributed by atoms with Crippen LogP contribution >= 0.6 is 50.3 Å². The highest BCUT2D eigenvalue weighted by Gasteiger charge is 2.28. The van der Waals surface area contributed by atoms with Crippen LogP contribution in [0.5, 0.6) is 0 Å². The maximum atomic E-state index is 6.00. The molecule has 6 heteroatoms. The molecule has 1 aromatic carbocycles. The zero-order valence-electron chi connectivity index (χ0n) is 10.6. The number of hydrogen-bond donors (Lipinski definition) is 1. The number of nitrogens with two attached hydrogens (primary N) is 1. The molecule has 1 saturated carbocycles. The minimum Gasteiger partial charge on any atom is -0.383 e. The van der Waals surface area contributed by atoms with Crippen molar-refractivity contribution in [3.63, 3.8) is 0 Å². The van der Waals surface area contributed by atoms with Gasteiger partial charge in [-0.2, -0.15) is 0 Å². The molecule has 1 fully saturated rings. The van der Waals surface area contributed by atoms with E-state index < -0.39 is 0 Å². The van der Waals surface area contributed by atoms with E-state index in [4.69, 9.17) is 10.7 Å². The van der Waals surface area contributed by atoms with E-state index >= 15 is 0 Å². The first-order valence-corrected chi connectivity index (χ1v) is 9.19. The summed E-state index contributed by atoms with van der Waals surface area (Å²) in [5.74, 6) is 2.80. The third kappa shape index (κ3) is 3.46. The van der Waals surface area contributed by atoms with E-state index in [-0.39, 0.29) is 0 Å². The molecule has 1 heterocycles. The first kappa shape index (κ1) is 14.6. The SMILES string of the molecule is Nc1nc(CSc2ccc(Br)cc2)nc(C2CC2)c1I. The predicted molar refractivity (Wildman–Crippen MR) is 94.8 cm³/mol. The Bertz CT molecular complexity index is 629. The lowest BCUT2D eigenvalue weighted by atomic mass is 10.3.